The molecular weight excluding hydrogens is 176 g/mol. The van der Waals surface area contributed by atoms with Crippen molar-refractivity contribution >= 4 is 0 Å². The Morgan fingerprint density at radius 3 is 3.07 bits per heavy atom. The molecule has 1 heterocycles. The van der Waals surface area contributed by atoms with Gasteiger partial charge >= 0.3 is 0 Å². The van der Waals surface area contributed by atoms with E-state index in [0.29, 0.717) is 6.54 Å². The van der Waals surface area contributed by atoms with E-state index in [-0.39, 0.29) is 0 Å². The predicted octanol–water partition coefficient (Wildman–Crippen LogP) is 1.99. The number of aromatic nitrogens is 2. The molecule has 1 unspecified atom stereocenters. The van der Waals surface area contributed by atoms with Crippen molar-refractivity contribution in [2.45, 2.75) is 38.8 Å². The van der Waals surface area contributed by atoms with Crippen LogP contribution in [0.1, 0.15) is 26.2 Å². The van der Waals surface area contributed by atoms with Crippen molar-refractivity contribution in [3.8, 4) is 0 Å². The Bertz CT molecular complexity index is 254. The average Bonchev–Trinajstić information content (AvgIpc) is 2.65. The molecule has 0 radical (unpaired) electrons. The number of aliphatic hydroxyl groups excluding tert-OH is 1. The Balaban J connectivity index is 2.22. The molecule has 0 aliphatic heterocycles. The average molecular weight is 194 g/mol. The van der Waals surface area contributed by atoms with Gasteiger partial charge in [-0.2, -0.15) is 0 Å². The molecule has 1 N–H and O–H groups in total. The van der Waals surface area contributed by atoms with Crippen LogP contribution in [0, 0.1) is 0 Å². The van der Waals surface area contributed by atoms with Gasteiger partial charge in [0.15, 0.2) is 0 Å². The lowest BCUT2D eigenvalue weighted by Gasteiger charge is -2.05. The van der Waals surface area contributed by atoms with Gasteiger partial charge in [0.2, 0.25) is 0 Å². The third kappa shape index (κ3) is 4.23. The Hall–Kier alpha value is -1.09. The standard InChI is InChI=1S/C11H18N2O/c1-2-3-4-5-6-11(14)9-13-8-7-12-10-13/h5-8,10-11,14H,2-4,9H2,1H3/b6-5+. The molecule has 0 saturated carbocycles. The molecule has 0 amide bonds. The van der Waals surface area contributed by atoms with Crippen LogP contribution < -0.4 is 0 Å². The second-order valence-electron chi connectivity index (χ2n) is 3.40. The summed E-state index contributed by atoms with van der Waals surface area (Å²) < 4.78 is 1.87. The molecule has 0 fully saturated rings. The fraction of sp³-hybridized carbons (Fsp3) is 0.545. The van der Waals surface area contributed by atoms with Gasteiger partial charge in [-0.05, 0) is 6.42 Å². The second-order valence-corrected chi connectivity index (χ2v) is 3.40. The van der Waals surface area contributed by atoms with Crippen LogP contribution in [0.3, 0.4) is 0 Å². The maximum absolute atomic E-state index is 9.58. The summed E-state index contributed by atoms with van der Waals surface area (Å²) >= 11 is 0. The number of nitrogens with zero attached hydrogens (tertiary/aromatic N) is 2. The summed E-state index contributed by atoms with van der Waals surface area (Å²) in [6.45, 7) is 2.75. The molecule has 0 aromatic carbocycles. The topological polar surface area (TPSA) is 38.0 Å². The van der Waals surface area contributed by atoms with Crippen molar-refractivity contribution in [1.82, 2.24) is 9.55 Å². The third-order valence-corrected chi connectivity index (χ3v) is 2.04. The van der Waals surface area contributed by atoms with Gasteiger partial charge in [-0.3, -0.25) is 0 Å². The Morgan fingerprint density at radius 2 is 2.43 bits per heavy atom. The number of allylic oxidation sites excluding steroid dienone is 1. The van der Waals surface area contributed by atoms with Gasteiger partial charge in [-0.25, -0.2) is 4.98 Å². The summed E-state index contributed by atoms with van der Waals surface area (Å²) in [5, 5.41) is 9.58. The van der Waals surface area contributed by atoms with E-state index < -0.39 is 6.10 Å². The Morgan fingerprint density at radius 1 is 1.57 bits per heavy atom. The molecule has 0 spiro atoms. The summed E-state index contributed by atoms with van der Waals surface area (Å²) in [4.78, 5) is 3.91. The van der Waals surface area contributed by atoms with E-state index in [9.17, 15) is 5.11 Å². The molecule has 0 saturated heterocycles. The minimum absolute atomic E-state index is 0.402. The van der Waals surface area contributed by atoms with Gasteiger partial charge in [0.05, 0.1) is 19.0 Å². The van der Waals surface area contributed by atoms with Crippen molar-refractivity contribution in [3.05, 3.63) is 30.9 Å². The molecule has 1 rings (SSSR count). The number of hydrogen-bond donors (Lipinski definition) is 1. The molecule has 3 nitrogen and oxygen atoms in total. The molecular formula is C11H18N2O. The van der Waals surface area contributed by atoms with Crippen LogP contribution in [0.15, 0.2) is 30.9 Å². The molecule has 78 valence electrons. The lowest BCUT2D eigenvalue weighted by Crippen LogP contribution is -2.11. The van der Waals surface area contributed by atoms with Crippen LogP contribution in [0.25, 0.3) is 0 Å². The summed E-state index contributed by atoms with van der Waals surface area (Å²) in [7, 11) is 0. The molecule has 1 atom stereocenters. The summed E-state index contributed by atoms with van der Waals surface area (Å²) in [5.74, 6) is 0. The van der Waals surface area contributed by atoms with Crippen molar-refractivity contribution in [2.24, 2.45) is 0 Å². The number of imidazole rings is 1. The lowest BCUT2D eigenvalue weighted by molar-refractivity contribution is 0.201. The quantitative estimate of drug-likeness (QED) is 0.555. The maximum atomic E-state index is 9.58. The minimum atomic E-state index is -0.402. The SMILES string of the molecule is CCCC/C=C/C(O)Cn1ccnc1. The fourth-order valence-electron chi connectivity index (χ4n) is 1.25. The number of aliphatic hydroxyl groups is 1. The Kier molecular flexibility index (Phi) is 5.00. The van der Waals surface area contributed by atoms with E-state index in [4.69, 9.17) is 0 Å². The maximum Gasteiger partial charge on any atom is 0.0946 e. The van der Waals surface area contributed by atoms with E-state index in [1.165, 1.54) is 12.8 Å². The zero-order valence-corrected chi connectivity index (χ0v) is 8.63. The number of unbranched alkanes of at least 4 members (excludes halogenated alkanes) is 2. The molecule has 1 aromatic heterocycles. The normalized spacial score (nSPS) is 13.6. The van der Waals surface area contributed by atoms with Gasteiger partial charge in [0, 0.05) is 12.4 Å². The zero-order chi connectivity index (χ0) is 10.2. The smallest absolute Gasteiger partial charge is 0.0946 e. The predicted molar refractivity (Wildman–Crippen MR) is 56.9 cm³/mol. The van der Waals surface area contributed by atoms with Crippen molar-refractivity contribution < 1.29 is 5.11 Å². The molecule has 0 bridgehead atoms. The number of hydrogen-bond acceptors (Lipinski definition) is 2. The monoisotopic (exact) mass is 194 g/mol. The largest absolute Gasteiger partial charge is 0.387 e. The summed E-state index contributed by atoms with van der Waals surface area (Å²) in [5.41, 5.74) is 0. The minimum Gasteiger partial charge on any atom is -0.387 e. The second kappa shape index (κ2) is 6.38. The van der Waals surface area contributed by atoms with E-state index >= 15 is 0 Å². The third-order valence-electron chi connectivity index (χ3n) is 2.04. The van der Waals surface area contributed by atoms with E-state index in [1.807, 2.05) is 22.9 Å². The highest BCUT2D eigenvalue weighted by Crippen LogP contribution is 1.98. The van der Waals surface area contributed by atoms with Gasteiger partial charge < -0.3 is 9.67 Å². The van der Waals surface area contributed by atoms with Crippen LogP contribution in [-0.4, -0.2) is 20.8 Å². The van der Waals surface area contributed by atoms with E-state index in [2.05, 4.69) is 11.9 Å². The van der Waals surface area contributed by atoms with Crippen LogP contribution in [0.5, 0.6) is 0 Å². The highest BCUT2D eigenvalue weighted by molar-refractivity contribution is 4.89. The zero-order valence-electron chi connectivity index (χ0n) is 8.63. The van der Waals surface area contributed by atoms with Gasteiger partial charge in [-0.15, -0.1) is 0 Å². The first-order valence-electron chi connectivity index (χ1n) is 5.13. The molecule has 0 aliphatic carbocycles. The van der Waals surface area contributed by atoms with Gasteiger partial charge in [0.1, 0.15) is 0 Å². The molecule has 3 heteroatoms. The summed E-state index contributed by atoms with van der Waals surface area (Å²) in [6, 6.07) is 0. The lowest BCUT2D eigenvalue weighted by atomic mass is 10.2. The van der Waals surface area contributed by atoms with Crippen LogP contribution >= 0.6 is 0 Å². The number of rotatable bonds is 6. The van der Waals surface area contributed by atoms with Crippen molar-refractivity contribution in [1.29, 1.82) is 0 Å². The van der Waals surface area contributed by atoms with E-state index in [0.717, 1.165) is 6.42 Å². The van der Waals surface area contributed by atoms with E-state index in [1.54, 1.807) is 12.5 Å². The molecule has 1 aromatic rings. The van der Waals surface area contributed by atoms with Gasteiger partial charge in [-0.1, -0.05) is 31.9 Å². The van der Waals surface area contributed by atoms with Crippen LogP contribution in [0.4, 0.5) is 0 Å². The Labute approximate surface area is 85.1 Å². The highest BCUT2D eigenvalue weighted by atomic mass is 16.3. The van der Waals surface area contributed by atoms with Gasteiger partial charge in [0.25, 0.3) is 0 Å². The first-order chi connectivity index (χ1) is 6.83. The molecule has 14 heavy (non-hydrogen) atoms. The highest BCUT2D eigenvalue weighted by Gasteiger charge is 1.98. The van der Waals surface area contributed by atoms with Crippen LogP contribution in [0.2, 0.25) is 0 Å². The van der Waals surface area contributed by atoms with Crippen molar-refractivity contribution in [3.63, 3.8) is 0 Å². The van der Waals surface area contributed by atoms with Crippen molar-refractivity contribution in [2.75, 3.05) is 0 Å². The first-order valence-corrected chi connectivity index (χ1v) is 5.13. The molecule has 0 aliphatic rings. The summed E-state index contributed by atoms with van der Waals surface area (Å²) in [6.07, 6.45) is 12.2. The first kappa shape index (κ1) is 11.0. The fourth-order valence-corrected chi connectivity index (χ4v) is 1.25. The van der Waals surface area contributed by atoms with Crippen LogP contribution in [-0.2, 0) is 6.54 Å².